The van der Waals surface area contributed by atoms with E-state index in [1.54, 1.807) is 6.07 Å². The van der Waals surface area contributed by atoms with E-state index >= 15 is 0 Å². The zero-order valence-electron chi connectivity index (χ0n) is 13.6. The Balaban J connectivity index is 1.95. The molecule has 7 nitrogen and oxygen atoms in total. The standard InChI is InChI=1S/C18H14N2O5/c1-11-3-6-13(7-4-11)17-19-14(18(21)25-17)9-12-5-8-16(24-2)15(10-12)20(22)23/h3-10H,1-2H3/b14-9-. The van der Waals surface area contributed by atoms with Gasteiger partial charge in [-0.2, -0.15) is 0 Å². The summed E-state index contributed by atoms with van der Waals surface area (Å²) >= 11 is 0. The number of aryl methyl sites for hydroxylation is 1. The van der Waals surface area contributed by atoms with Crippen molar-refractivity contribution in [3.63, 3.8) is 0 Å². The van der Waals surface area contributed by atoms with Crippen molar-refractivity contribution in [3.8, 4) is 5.75 Å². The van der Waals surface area contributed by atoms with Gasteiger partial charge in [0.25, 0.3) is 0 Å². The van der Waals surface area contributed by atoms with E-state index in [1.165, 1.54) is 25.3 Å². The molecule has 0 spiro atoms. The quantitative estimate of drug-likeness (QED) is 0.369. The average molecular weight is 338 g/mol. The van der Waals surface area contributed by atoms with Crippen LogP contribution < -0.4 is 4.74 Å². The molecule has 0 radical (unpaired) electrons. The lowest BCUT2D eigenvalue weighted by molar-refractivity contribution is -0.385. The number of cyclic esters (lactones) is 1. The Labute approximate surface area is 143 Å². The van der Waals surface area contributed by atoms with Gasteiger partial charge < -0.3 is 9.47 Å². The number of nitro benzene ring substituents is 1. The summed E-state index contributed by atoms with van der Waals surface area (Å²) in [5, 5.41) is 11.1. The number of nitro groups is 1. The van der Waals surface area contributed by atoms with Gasteiger partial charge in [0.2, 0.25) is 5.90 Å². The second kappa shape index (κ2) is 6.56. The minimum Gasteiger partial charge on any atom is -0.490 e. The molecule has 0 aliphatic carbocycles. The van der Waals surface area contributed by atoms with Crippen molar-refractivity contribution in [2.75, 3.05) is 7.11 Å². The van der Waals surface area contributed by atoms with E-state index in [4.69, 9.17) is 9.47 Å². The molecule has 0 bridgehead atoms. The van der Waals surface area contributed by atoms with Crippen molar-refractivity contribution in [2.24, 2.45) is 4.99 Å². The van der Waals surface area contributed by atoms with Crippen LogP contribution in [0.2, 0.25) is 0 Å². The molecule has 7 heteroatoms. The van der Waals surface area contributed by atoms with Gasteiger partial charge in [-0.15, -0.1) is 0 Å². The molecule has 0 saturated heterocycles. The number of methoxy groups -OCH3 is 1. The molecule has 2 aromatic carbocycles. The van der Waals surface area contributed by atoms with Gasteiger partial charge in [0.15, 0.2) is 11.4 Å². The lowest BCUT2D eigenvalue weighted by Crippen LogP contribution is -2.05. The number of esters is 1. The molecule has 0 saturated carbocycles. The summed E-state index contributed by atoms with van der Waals surface area (Å²) in [6.45, 7) is 1.95. The largest absolute Gasteiger partial charge is 0.490 e. The lowest BCUT2D eigenvalue weighted by atomic mass is 10.1. The monoisotopic (exact) mass is 338 g/mol. The Morgan fingerprint density at radius 3 is 2.56 bits per heavy atom. The number of benzene rings is 2. The number of nitrogens with zero attached hydrogens (tertiary/aromatic N) is 2. The van der Waals surface area contributed by atoms with Crippen LogP contribution >= 0.6 is 0 Å². The van der Waals surface area contributed by atoms with E-state index in [9.17, 15) is 14.9 Å². The normalized spacial score (nSPS) is 15.0. The molecule has 0 amide bonds. The highest BCUT2D eigenvalue weighted by atomic mass is 16.6. The predicted molar refractivity (Wildman–Crippen MR) is 91.4 cm³/mol. The van der Waals surface area contributed by atoms with Crippen molar-refractivity contribution in [1.82, 2.24) is 0 Å². The van der Waals surface area contributed by atoms with Crippen LogP contribution in [0.3, 0.4) is 0 Å². The van der Waals surface area contributed by atoms with Crippen LogP contribution in [0.4, 0.5) is 5.69 Å². The minimum atomic E-state index is -0.603. The number of hydrogen-bond donors (Lipinski definition) is 0. The molecule has 126 valence electrons. The van der Waals surface area contributed by atoms with Crippen LogP contribution in [0.25, 0.3) is 6.08 Å². The molecule has 1 aliphatic rings. The fraction of sp³-hybridized carbons (Fsp3) is 0.111. The Morgan fingerprint density at radius 1 is 1.20 bits per heavy atom. The number of carbonyl (C=O) groups excluding carboxylic acids is 1. The van der Waals surface area contributed by atoms with Gasteiger partial charge >= 0.3 is 11.7 Å². The van der Waals surface area contributed by atoms with Gasteiger partial charge in [-0.05, 0) is 36.8 Å². The Morgan fingerprint density at radius 2 is 1.92 bits per heavy atom. The van der Waals surface area contributed by atoms with Crippen molar-refractivity contribution in [1.29, 1.82) is 0 Å². The van der Waals surface area contributed by atoms with Crippen LogP contribution in [-0.2, 0) is 9.53 Å². The zero-order chi connectivity index (χ0) is 18.0. The number of hydrogen-bond acceptors (Lipinski definition) is 6. The highest BCUT2D eigenvalue weighted by Gasteiger charge is 2.24. The SMILES string of the molecule is COc1ccc(/C=C2\N=C(c3ccc(C)cc3)OC2=O)cc1[N+](=O)[O-]. The van der Waals surface area contributed by atoms with Gasteiger partial charge in [-0.1, -0.05) is 23.8 Å². The van der Waals surface area contributed by atoms with Gasteiger partial charge in [-0.3, -0.25) is 10.1 Å². The first-order chi connectivity index (χ1) is 12.0. The Bertz CT molecular complexity index is 914. The predicted octanol–water partition coefficient (Wildman–Crippen LogP) is 3.26. The molecule has 0 N–H and O–H groups in total. The van der Waals surface area contributed by atoms with Crippen molar-refractivity contribution in [3.05, 3.63) is 75.0 Å². The Kier molecular flexibility index (Phi) is 4.30. The van der Waals surface area contributed by atoms with Gasteiger partial charge in [0, 0.05) is 11.6 Å². The summed E-state index contributed by atoms with van der Waals surface area (Å²) in [6, 6.07) is 11.8. The second-order valence-electron chi connectivity index (χ2n) is 5.39. The fourth-order valence-corrected chi connectivity index (χ4v) is 2.33. The molecule has 1 heterocycles. The molecule has 3 rings (SSSR count). The third-order valence-electron chi connectivity index (χ3n) is 3.62. The van der Waals surface area contributed by atoms with E-state index < -0.39 is 10.9 Å². The smallest absolute Gasteiger partial charge is 0.363 e. The summed E-state index contributed by atoms with van der Waals surface area (Å²) in [5.41, 5.74) is 2.10. The first-order valence-corrected chi connectivity index (χ1v) is 7.40. The van der Waals surface area contributed by atoms with Crippen LogP contribution in [0, 0.1) is 17.0 Å². The summed E-state index contributed by atoms with van der Waals surface area (Å²) in [6.07, 6.45) is 1.44. The van der Waals surface area contributed by atoms with E-state index in [1.807, 2.05) is 31.2 Å². The molecule has 25 heavy (non-hydrogen) atoms. The molecular weight excluding hydrogens is 324 g/mol. The molecule has 0 unspecified atom stereocenters. The maximum Gasteiger partial charge on any atom is 0.363 e. The van der Waals surface area contributed by atoms with Gasteiger partial charge in [0.05, 0.1) is 12.0 Å². The number of rotatable bonds is 4. The summed E-state index contributed by atoms with van der Waals surface area (Å²) in [4.78, 5) is 26.7. The van der Waals surface area contributed by atoms with Crippen LogP contribution in [0.1, 0.15) is 16.7 Å². The zero-order valence-corrected chi connectivity index (χ0v) is 13.6. The number of ether oxygens (including phenoxy) is 2. The second-order valence-corrected chi connectivity index (χ2v) is 5.39. The first kappa shape index (κ1) is 16.4. The lowest BCUT2D eigenvalue weighted by Gasteiger charge is -2.02. The highest BCUT2D eigenvalue weighted by Crippen LogP contribution is 2.29. The topological polar surface area (TPSA) is 91.0 Å². The van der Waals surface area contributed by atoms with E-state index in [0.29, 0.717) is 11.1 Å². The molecule has 1 aliphatic heterocycles. The molecule has 0 aromatic heterocycles. The van der Waals surface area contributed by atoms with Crippen LogP contribution in [0.5, 0.6) is 5.75 Å². The van der Waals surface area contributed by atoms with E-state index in [-0.39, 0.29) is 23.0 Å². The van der Waals surface area contributed by atoms with Gasteiger partial charge in [0.1, 0.15) is 0 Å². The Hall–Kier alpha value is -3.48. The van der Waals surface area contributed by atoms with Crippen molar-refractivity contribution < 1.29 is 19.2 Å². The minimum absolute atomic E-state index is 0.0787. The van der Waals surface area contributed by atoms with Crippen molar-refractivity contribution >= 4 is 23.6 Å². The first-order valence-electron chi connectivity index (χ1n) is 7.40. The molecule has 2 aromatic rings. The number of carbonyl (C=O) groups is 1. The van der Waals surface area contributed by atoms with Crippen LogP contribution in [0.15, 0.2) is 53.2 Å². The summed E-state index contributed by atoms with van der Waals surface area (Å²) in [7, 11) is 1.35. The summed E-state index contributed by atoms with van der Waals surface area (Å²) < 4.78 is 10.1. The highest BCUT2D eigenvalue weighted by molar-refractivity contribution is 6.12. The van der Waals surface area contributed by atoms with E-state index in [2.05, 4.69) is 4.99 Å². The summed E-state index contributed by atoms with van der Waals surface area (Å²) in [5.74, 6) is -0.252. The average Bonchev–Trinajstić information content (AvgIpc) is 2.96. The third kappa shape index (κ3) is 3.40. The molecule has 0 fully saturated rings. The third-order valence-corrected chi connectivity index (χ3v) is 3.62. The maximum atomic E-state index is 12.0. The van der Waals surface area contributed by atoms with Crippen molar-refractivity contribution in [2.45, 2.75) is 6.92 Å². The maximum absolute atomic E-state index is 12.0. The van der Waals surface area contributed by atoms with E-state index in [0.717, 1.165) is 5.56 Å². The molecule has 0 atom stereocenters. The fourth-order valence-electron chi connectivity index (χ4n) is 2.33. The van der Waals surface area contributed by atoms with Gasteiger partial charge in [-0.25, -0.2) is 9.79 Å². The number of aliphatic imine (C=N–C) groups is 1. The molecular formula is C18H14N2O5. The van der Waals surface area contributed by atoms with Crippen LogP contribution in [-0.4, -0.2) is 23.9 Å².